The van der Waals surface area contributed by atoms with E-state index >= 15 is 0 Å². The van der Waals surface area contributed by atoms with E-state index in [9.17, 15) is 4.79 Å². The van der Waals surface area contributed by atoms with Crippen LogP contribution in [0.4, 0.5) is 10.7 Å². The molecule has 0 spiro atoms. The molecule has 0 aliphatic carbocycles. The molecule has 6 heteroatoms. The van der Waals surface area contributed by atoms with Gasteiger partial charge in [-0.3, -0.25) is 0 Å². The Hall–Kier alpha value is -2.50. The standard InChI is InChI=1S/C17H22N4O2/c18-16-12-15(20-23-16)14-7-10-21(11-8-14)17(22)19-9-6-13-4-2-1-3-5-13/h1-5,12,14H,6-11,18H2,(H,19,22). The monoisotopic (exact) mass is 314 g/mol. The van der Waals surface area contributed by atoms with Crippen molar-refractivity contribution in [2.45, 2.75) is 25.2 Å². The van der Waals surface area contributed by atoms with Crippen molar-refractivity contribution < 1.29 is 9.32 Å². The van der Waals surface area contributed by atoms with E-state index in [2.05, 4.69) is 22.6 Å². The van der Waals surface area contributed by atoms with Crippen LogP contribution in [0.5, 0.6) is 0 Å². The Bertz CT molecular complexity index is 633. The molecule has 2 amide bonds. The van der Waals surface area contributed by atoms with E-state index in [1.807, 2.05) is 23.1 Å². The number of rotatable bonds is 4. The van der Waals surface area contributed by atoms with Gasteiger partial charge in [-0.15, -0.1) is 0 Å². The number of piperidine rings is 1. The maximum absolute atomic E-state index is 12.2. The number of carbonyl (C=O) groups excluding carboxylic acids is 1. The predicted molar refractivity (Wildman–Crippen MR) is 88.0 cm³/mol. The van der Waals surface area contributed by atoms with Crippen LogP contribution in [0.3, 0.4) is 0 Å². The smallest absolute Gasteiger partial charge is 0.317 e. The minimum absolute atomic E-state index is 0.0130. The average Bonchev–Trinajstić information content (AvgIpc) is 3.02. The Morgan fingerprint density at radius 1 is 1.30 bits per heavy atom. The van der Waals surface area contributed by atoms with Gasteiger partial charge in [0.1, 0.15) is 0 Å². The fourth-order valence-corrected chi connectivity index (χ4v) is 2.94. The highest BCUT2D eigenvalue weighted by Gasteiger charge is 2.25. The van der Waals surface area contributed by atoms with Gasteiger partial charge in [-0.05, 0) is 24.8 Å². The number of nitrogen functional groups attached to an aromatic ring is 1. The lowest BCUT2D eigenvalue weighted by atomic mass is 9.94. The summed E-state index contributed by atoms with van der Waals surface area (Å²) in [5.74, 6) is 0.672. The third-order valence-corrected chi connectivity index (χ3v) is 4.28. The van der Waals surface area contributed by atoms with Crippen LogP contribution in [0.1, 0.15) is 30.0 Å². The summed E-state index contributed by atoms with van der Waals surface area (Å²) in [7, 11) is 0. The number of nitrogens with two attached hydrogens (primary N) is 1. The number of amides is 2. The first-order chi connectivity index (χ1) is 11.2. The van der Waals surface area contributed by atoms with Crippen molar-refractivity contribution in [3.05, 3.63) is 47.7 Å². The zero-order valence-corrected chi connectivity index (χ0v) is 13.1. The summed E-state index contributed by atoms with van der Waals surface area (Å²) in [6.07, 6.45) is 2.62. The van der Waals surface area contributed by atoms with E-state index in [4.69, 9.17) is 10.3 Å². The predicted octanol–water partition coefficient (Wildman–Crippen LogP) is 2.39. The Morgan fingerprint density at radius 3 is 2.70 bits per heavy atom. The van der Waals surface area contributed by atoms with Crippen molar-refractivity contribution in [3.63, 3.8) is 0 Å². The fraction of sp³-hybridized carbons (Fsp3) is 0.412. The number of nitrogens with zero attached hydrogens (tertiary/aromatic N) is 2. The van der Waals surface area contributed by atoms with Crippen molar-refractivity contribution in [1.82, 2.24) is 15.4 Å². The maximum atomic E-state index is 12.2. The molecule has 3 rings (SSSR count). The molecular weight excluding hydrogens is 292 g/mol. The Labute approximate surface area is 135 Å². The summed E-state index contributed by atoms with van der Waals surface area (Å²) in [5.41, 5.74) is 7.69. The molecule has 0 bridgehead atoms. The molecule has 1 aromatic heterocycles. The largest absolute Gasteiger partial charge is 0.368 e. The molecule has 1 aliphatic rings. The lowest BCUT2D eigenvalue weighted by Gasteiger charge is -2.31. The van der Waals surface area contributed by atoms with Crippen molar-refractivity contribution in [2.24, 2.45) is 0 Å². The van der Waals surface area contributed by atoms with Gasteiger partial charge < -0.3 is 20.5 Å². The van der Waals surface area contributed by atoms with E-state index in [1.54, 1.807) is 6.07 Å². The van der Waals surface area contributed by atoms with Crippen LogP contribution in [0.25, 0.3) is 0 Å². The Balaban J connectivity index is 1.41. The second kappa shape index (κ2) is 7.17. The number of anilines is 1. The highest BCUT2D eigenvalue weighted by atomic mass is 16.5. The molecular formula is C17H22N4O2. The van der Waals surface area contributed by atoms with Crippen molar-refractivity contribution in [3.8, 4) is 0 Å². The van der Waals surface area contributed by atoms with Crippen LogP contribution >= 0.6 is 0 Å². The molecule has 0 atom stereocenters. The first kappa shape index (κ1) is 15.4. The maximum Gasteiger partial charge on any atom is 0.317 e. The molecule has 1 saturated heterocycles. The zero-order valence-electron chi connectivity index (χ0n) is 13.1. The van der Waals surface area contributed by atoms with E-state index in [0.717, 1.165) is 38.0 Å². The molecule has 122 valence electrons. The van der Waals surface area contributed by atoms with Gasteiger partial charge in [0, 0.05) is 31.6 Å². The van der Waals surface area contributed by atoms with Crippen LogP contribution in [-0.2, 0) is 6.42 Å². The van der Waals surface area contributed by atoms with Gasteiger partial charge in [-0.1, -0.05) is 35.5 Å². The normalized spacial score (nSPS) is 15.6. The average molecular weight is 314 g/mol. The van der Waals surface area contributed by atoms with Crippen LogP contribution in [-0.4, -0.2) is 35.7 Å². The molecule has 0 saturated carbocycles. The van der Waals surface area contributed by atoms with Gasteiger partial charge >= 0.3 is 6.03 Å². The molecule has 3 N–H and O–H groups in total. The van der Waals surface area contributed by atoms with E-state index in [-0.39, 0.29) is 6.03 Å². The number of nitrogens with one attached hydrogen (secondary N) is 1. The van der Waals surface area contributed by atoms with Crippen LogP contribution in [0, 0.1) is 0 Å². The van der Waals surface area contributed by atoms with E-state index in [0.29, 0.717) is 18.3 Å². The van der Waals surface area contributed by atoms with Gasteiger partial charge in [0.15, 0.2) is 0 Å². The lowest BCUT2D eigenvalue weighted by molar-refractivity contribution is 0.180. The number of aromatic nitrogens is 1. The van der Waals surface area contributed by atoms with Gasteiger partial charge in [0.2, 0.25) is 5.88 Å². The summed E-state index contributed by atoms with van der Waals surface area (Å²) in [6.45, 7) is 2.12. The molecule has 1 aromatic carbocycles. The van der Waals surface area contributed by atoms with Crippen LogP contribution < -0.4 is 11.1 Å². The first-order valence-corrected chi connectivity index (χ1v) is 8.01. The molecule has 0 unspecified atom stereocenters. The quantitative estimate of drug-likeness (QED) is 0.907. The molecule has 0 radical (unpaired) electrons. The highest BCUT2D eigenvalue weighted by Crippen LogP contribution is 2.28. The first-order valence-electron chi connectivity index (χ1n) is 8.01. The third kappa shape index (κ3) is 4.03. The van der Waals surface area contributed by atoms with Crippen molar-refractivity contribution in [1.29, 1.82) is 0 Å². The number of carbonyl (C=O) groups is 1. The Kier molecular flexibility index (Phi) is 4.80. The van der Waals surface area contributed by atoms with E-state index < -0.39 is 0 Å². The molecule has 2 aromatic rings. The SMILES string of the molecule is Nc1cc(C2CCN(C(=O)NCCc3ccccc3)CC2)no1. The summed E-state index contributed by atoms with van der Waals surface area (Å²) in [6, 6.07) is 12.0. The number of likely N-dealkylation sites (tertiary alicyclic amines) is 1. The van der Waals surface area contributed by atoms with Gasteiger partial charge in [0.25, 0.3) is 0 Å². The highest BCUT2D eigenvalue weighted by molar-refractivity contribution is 5.74. The topological polar surface area (TPSA) is 84.4 Å². The van der Waals surface area contributed by atoms with Crippen molar-refractivity contribution >= 4 is 11.9 Å². The molecule has 2 heterocycles. The van der Waals surface area contributed by atoms with Crippen LogP contribution in [0.15, 0.2) is 40.9 Å². The van der Waals surface area contributed by atoms with Gasteiger partial charge in [0.05, 0.1) is 5.69 Å². The summed E-state index contributed by atoms with van der Waals surface area (Å²) < 4.78 is 4.92. The lowest BCUT2D eigenvalue weighted by Crippen LogP contribution is -2.44. The summed E-state index contributed by atoms with van der Waals surface area (Å²) in [5, 5.41) is 6.97. The second-order valence-corrected chi connectivity index (χ2v) is 5.88. The Morgan fingerprint density at radius 2 is 2.04 bits per heavy atom. The molecule has 1 fully saturated rings. The number of benzene rings is 1. The molecule has 6 nitrogen and oxygen atoms in total. The minimum Gasteiger partial charge on any atom is -0.368 e. The number of hydrogen-bond donors (Lipinski definition) is 2. The van der Waals surface area contributed by atoms with Crippen LogP contribution in [0.2, 0.25) is 0 Å². The van der Waals surface area contributed by atoms with Gasteiger partial charge in [-0.25, -0.2) is 4.79 Å². The number of urea groups is 1. The van der Waals surface area contributed by atoms with Crippen molar-refractivity contribution in [2.75, 3.05) is 25.4 Å². The second-order valence-electron chi connectivity index (χ2n) is 5.88. The minimum atomic E-state index is 0.0130. The van der Waals surface area contributed by atoms with E-state index in [1.165, 1.54) is 5.56 Å². The molecule has 1 aliphatic heterocycles. The van der Waals surface area contributed by atoms with Gasteiger partial charge in [-0.2, -0.15) is 0 Å². The fourth-order valence-electron chi connectivity index (χ4n) is 2.94. The third-order valence-electron chi connectivity index (χ3n) is 4.28. The molecule has 23 heavy (non-hydrogen) atoms. The zero-order chi connectivity index (χ0) is 16.1. The summed E-state index contributed by atoms with van der Waals surface area (Å²) >= 11 is 0. The summed E-state index contributed by atoms with van der Waals surface area (Å²) in [4.78, 5) is 14.1. The number of hydrogen-bond acceptors (Lipinski definition) is 4.